The second-order valence-corrected chi connectivity index (χ2v) is 5.15. The summed E-state index contributed by atoms with van der Waals surface area (Å²) in [6.45, 7) is 3.62. The van der Waals surface area contributed by atoms with Gasteiger partial charge in [0.1, 0.15) is 5.75 Å². The molecule has 1 aliphatic heterocycles. The van der Waals surface area contributed by atoms with E-state index in [9.17, 15) is 4.79 Å². The topological polar surface area (TPSA) is 68.2 Å². The highest BCUT2D eigenvalue weighted by Gasteiger charge is 2.15. The first-order valence-corrected chi connectivity index (χ1v) is 6.87. The number of carbonyl (C=O) groups is 1. The molecule has 6 heteroatoms. The van der Waals surface area contributed by atoms with Crippen molar-refractivity contribution in [2.75, 3.05) is 11.9 Å². The number of carbonyl (C=O) groups excluding carboxylic acids is 1. The minimum atomic E-state index is -0.112. The van der Waals surface area contributed by atoms with Gasteiger partial charge in [0.25, 0.3) is 5.91 Å². The van der Waals surface area contributed by atoms with Crippen molar-refractivity contribution in [3.05, 3.63) is 41.2 Å². The van der Waals surface area contributed by atoms with E-state index in [0.29, 0.717) is 0 Å². The van der Waals surface area contributed by atoms with Gasteiger partial charge in [-0.1, -0.05) is 6.07 Å². The molecule has 0 radical (unpaired) electrons. The molecule has 1 aromatic carbocycles. The van der Waals surface area contributed by atoms with Crippen LogP contribution in [0.15, 0.2) is 24.4 Å². The third-order valence-corrected chi connectivity index (χ3v) is 3.66. The molecule has 2 N–H and O–H groups in total. The van der Waals surface area contributed by atoms with Gasteiger partial charge in [0.2, 0.25) is 0 Å². The summed E-state index contributed by atoms with van der Waals surface area (Å²) in [5.74, 6) is 0.611. The molecule has 110 valence electrons. The van der Waals surface area contributed by atoms with E-state index in [0.717, 1.165) is 35.8 Å². The number of benzene rings is 1. The first kappa shape index (κ1) is 13.6. The number of fused-ring (bicyclic) bond motifs is 1. The van der Waals surface area contributed by atoms with Gasteiger partial charge >= 0.3 is 0 Å². The van der Waals surface area contributed by atoms with Crippen LogP contribution < -0.4 is 15.4 Å². The number of rotatable bonds is 4. The highest BCUT2D eigenvalue weighted by atomic mass is 16.5. The molecule has 6 nitrogen and oxygen atoms in total. The summed E-state index contributed by atoms with van der Waals surface area (Å²) in [5, 5.41) is 10.4. The maximum absolute atomic E-state index is 11.3. The average molecular weight is 286 g/mol. The van der Waals surface area contributed by atoms with Crippen molar-refractivity contribution in [3.63, 3.8) is 0 Å². The van der Waals surface area contributed by atoms with Crippen LogP contribution >= 0.6 is 0 Å². The van der Waals surface area contributed by atoms with E-state index in [1.165, 1.54) is 5.56 Å². The van der Waals surface area contributed by atoms with Gasteiger partial charge < -0.3 is 15.4 Å². The molecule has 3 rings (SSSR count). The number of aromatic nitrogens is 2. The molecular weight excluding hydrogens is 268 g/mol. The molecule has 21 heavy (non-hydrogen) atoms. The molecule has 0 bridgehead atoms. The van der Waals surface area contributed by atoms with Crippen molar-refractivity contribution in [2.24, 2.45) is 7.05 Å². The summed E-state index contributed by atoms with van der Waals surface area (Å²) < 4.78 is 7.20. The summed E-state index contributed by atoms with van der Waals surface area (Å²) >= 11 is 0. The van der Waals surface area contributed by atoms with Crippen molar-refractivity contribution in [2.45, 2.75) is 20.0 Å². The summed E-state index contributed by atoms with van der Waals surface area (Å²) in [4.78, 5) is 11.3. The Labute approximate surface area is 123 Å². The van der Waals surface area contributed by atoms with Crippen LogP contribution in [0.3, 0.4) is 0 Å². The molecule has 0 saturated carbocycles. The third kappa shape index (κ3) is 2.90. The molecule has 0 fully saturated rings. The molecule has 0 atom stereocenters. The van der Waals surface area contributed by atoms with Crippen LogP contribution in [0.4, 0.5) is 5.69 Å². The van der Waals surface area contributed by atoms with E-state index in [4.69, 9.17) is 4.74 Å². The van der Waals surface area contributed by atoms with Crippen LogP contribution in [0.25, 0.3) is 0 Å². The Hall–Kier alpha value is -2.34. The van der Waals surface area contributed by atoms with Gasteiger partial charge in [0.05, 0.1) is 11.9 Å². The quantitative estimate of drug-likeness (QED) is 0.890. The van der Waals surface area contributed by atoms with Gasteiger partial charge in [0.15, 0.2) is 6.61 Å². The van der Waals surface area contributed by atoms with Gasteiger partial charge in [-0.3, -0.25) is 9.48 Å². The summed E-state index contributed by atoms with van der Waals surface area (Å²) in [5.41, 5.74) is 4.19. The Morgan fingerprint density at radius 2 is 2.29 bits per heavy atom. The molecule has 2 aromatic rings. The van der Waals surface area contributed by atoms with Crippen LogP contribution in [0.1, 0.15) is 16.8 Å². The van der Waals surface area contributed by atoms with Crippen LogP contribution in [0, 0.1) is 6.92 Å². The SMILES string of the molecule is Cc1c(CNCc2ccc3c(c2)NC(=O)CO3)cnn1C. The van der Waals surface area contributed by atoms with E-state index in [-0.39, 0.29) is 12.5 Å². The molecule has 2 heterocycles. The van der Waals surface area contributed by atoms with Gasteiger partial charge in [-0.2, -0.15) is 5.10 Å². The molecule has 0 spiro atoms. The molecule has 1 amide bonds. The summed E-state index contributed by atoms with van der Waals surface area (Å²) in [7, 11) is 1.94. The standard InChI is InChI=1S/C15H18N4O2/c1-10-12(8-17-19(10)2)7-16-6-11-3-4-14-13(5-11)18-15(20)9-21-14/h3-5,8,16H,6-7,9H2,1-2H3,(H,18,20). The van der Waals surface area contributed by atoms with Gasteiger partial charge in [0, 0.05) is 31.4 Å². The molecular formula is C15H18N4O2. The Bertz CT molecular complexity index is 678. The molecule has 0 saturated heterocycles. The van der Waals surface area contributed by atoms with E-state index >= 15 is 0 Å². The monoisotopic (exact) mass is 286 g/mol. The highest BCUT2D eigenvalue weighted by molar-refractivity contribution is 5.95. The van der Waals surface area contributed by atoms with Crippen molar-refractivity contribution >= 4 is 11.6 Å². The normalized spacial score (nSPS) is 13.5. The highest BCUT2D eigenvalue weighted by Crippen LogP contribution is 2.28. The first-order chi connectivity index (χ1) is 10.1. The van der Waals surface area contributed by atoms with Crippen LogP contribution in [-0.4, -0.2) is 22.3 Å². The van der Waals surface area contributed by atoms with E-state index in [1.54, 1.807) is 0 Å². The lowest BCUT2D eigenvalue weighted by molar-refractivity contribution is -0.118. The Balaban J connectivity index is 1.62. The van der Waals surface area contributed by atoms with E-state index < -0.39 is 0 Å². The fraction of sp³-hybridized carbons (Fsp3) is 0.333. The minimum absolute atomic E-state index is 0.0882. The van der Waals surface area contributed by atoms with Gasteiger partial charge in [-0.15, -0.1) is 0 Å². The average Bonchev–Trinajstić information content (AvgIpc) is 2.79. The predicted molar refractivity (Wildman–Crippen MR) is 79.1 cm³/mol. The molecule has 1 aromatic heterocycles. The number of nitrogens with one attached hydrogen (secondary N) is 2. The number of hydrogen-bond acceptors (Lipinski definition) is 4. The lowest BCUT2D eigenvalue weighted by Gasteiger charge is -2.18. The zero-order valence-electron chi connectivity index (χ0n) is 12.1. The number of nitrogens with zero attached hydrogens (tertiary/aromatic N) is 2. The molecule has 0 unspecified atom stereocenters. The van der Waals surface area contributed by atoms with E-state index in [1.807, 2.05) is 36.1 Å². The minimum Gasteiger partial charge on any atom is -0.482 e. The summed E-state index contributed by atoms with van der Waals surface area (Å²) in [6.07, 6.45) is 1.88. The second-order valence-electron chi connectivity index (χ2n) is 5.15. The zero-order valence-corrected chi connectivity index (χ0v) is 12.1. The van der Waals surface area contributed by atoms with E-state index in [2.05, 4.69) is 22.7 Å². The Morgan fingerprint density at radius 3 is 3.05 bits per heavy atom. The fourth-order valence-electron chi connectivity index (χ4n) is 2.30. The smallest absolute Gasteiger partial charge is 0.262 e. The van der Waals surface area contributed by atoms with Crippen molar-refractivity contribution in [1.29, 1.82) is 0 Å². The maximum atomic E-state index is 11.3. The van der Waals surface area contributed by atoms with Gasteiger partial charge in [-0.05, 0) is 24.6 Å². The van der Waals surface area contributed by atoms with Crippen LogP contribution in [-0.2, 0) is 24.9 Å². The van der Waals surface area contributed by atoms with Crippen molar-refractivity contribution < 1.29 is 9.53 Å². The lowest BCUT2D eigenvalue weighted by atomic mass is 10.1. The number of hydrogen-bond donors (Lipinski definition) is 2. The molecule has 0 aliphatic carbocycles. The lowest BCUT2D eigenvalue weighted by Crippen LogP contribution is -2.25. The predicted octanol–water partition coefficient (Wildman–Crippen LogP) is 1.35. The van der Waals surface area contributed by atoms with Crippen LogP contribution in [0.2, 0.25) is 0 Å². The van der Waals surface area contributed by atoms with Crippen molar-refractivity contribution in [1.82, 2.24) is 15.1 Å². The Kier molecular flexibility index (Phi) is 3.62. The first-order valence-electron chi connectivity index (χ1n) is 6.87. The number of anilines is 1. The Morgan fingerprint density at radius 1 is 1.43 bits per heavy atom. The maximum Gasteiger partial charge on any atom is 0.262 e. The van der Waals surface area contributed by atoms with Gasteiger partial charge in [-0.25, -0.2) is 0 Å². The largest absolute Gasteiger partial charge is 0.482 e. The van der Waals surface area contributed by atoms with Crippen molar-refractivity contribution in [3.8, 4) is 5.75 Å². The number of aryl methyl sites for hydroxylation is 1. The zero-order chi connectivity index (χ0) is 14.8. The van der Waals surface area contributed by atoms with Crippen LogP contribution in [0.5, 0.6) is 5.75 Å². The summed E-state index contributed by atoms with van der Waals surface area (Å²) in [6, 6.07) is 5.83. The number of amides is 1. The molecule has 1 aliphatic rings. The number of ether oxygens (including phenoxy) is 1. The second kappa shape index (κ2) is 5.57. The fourth-order valence-corrected chi connectivity index (χ4v) is 2.30. The third-order valence-electron chi connectivity index (χ3n) is 3.66.